The quantitative estimate of drug-likeness (QED) is 0.714. The number of ether oxygens (including phenoxy) is 2. The number of carbonyl (C=O) groups is 1. The molecule has 1 N–H and O–H groups in total. The van der Waals surface area contributed by atoms with Gasteiger partial charge in [0.15, 0.2) is 0 Å². The number of para-hydroxylation sites is 1. The molecular weight excluding hydrogens is 411 g/mol. The fourth-order valence-corrected chi connectivity index (χ4v) is 4.62. The molecule has 172 valence electrons. The van der Waals surface area contributed by atoms with Gasteiger partial charge in [0.05, 0.1) is 24.4 Å². The van der Waals surface area contributed by atoms with E-state index in [1.807, 2.05) is 18.2 Å². The van der Waals surface area contributed by atoms with Crippen molar-refractivity contribution in [2.45, 2.75) is 37.9 Å². The molecule has 2 aromatic rings. The summed E-state index contributed by atoms with van der Waals surface area (Å²) >= 11 is 0. The molecule has 32 heavy (non-hydrogen) atoms. The third-order valence-corrected chi connectivity index (χ3v) is 6.37. The van der Waals surface area contributed by atoms with Crippen LogP contribution in [0.4, 0.5) is 10.1 Å². The summed E-state index contributed by atoms with van der Waals surface area (Å²) in [5.74, 6) is 0.204. The number of benzene rings is 2. The zero-order valence-electron chi connectivity index (χ0n) is 18.5. The Morgan fingerprint density at radius 1 is 1.19 bits per heavy atom. The molecule has 0 radical (unpaired) electrons. The molecule has 1 atom stereocenters. The Balaban J connectivity index is 1.35. The summed E-state index contributed by atoms with van der Waals surface area (Å²) in [6.45, 7) is 5.10. The van der Waals surface area contributed by atoms with E-state index >= 15 is 0 Å². The monoisotopic (exact) mass is 442 g/mol. The van der Waals surface area contributed by atoms with Crippen molar-refractivity contribution in [2.75, 3.05) is 44.3 Å². The molecule has 0 aliphatic carbocycles. The number of hydrogen-bond donors (Lipinski definition) is 1. The average molecular weight is 443 g/mol. The van der Waals surface area contributed by atoms with Crippen LogP contribution in [0.25, 0.3) is 0 Å². The Morgan fingerprint density at radius 3 is 2.72 bits per heavy atom. The molecular formula is C25H31FN2O4. The van der Waals surface area contributed by atoms with Gasteiger partial charge in [-0.1, -0.05) is 24.3 Å². The van der Waals surface area contributed by atoms with E-state index in [9.17, 15) is 9.18 Å². The minimum atomic E-state index is -0.587. The van der Waals surface area contributed by atoms with Gasteiger partial charge in [-0.05, 0) is 56.0 Å². The summed E-state index contributed by atoms with van der Waals surface area (Å²) in [5.41, 5.74) is 1.08. The zero-order valence-corrected chi connectivity index (χ0v) is 18.5. The Bertz CT molecular complexity index is 930. The number of carbonyl (C=O) groups excluding carboxylic acids is 1. The van der Waals surface area contributed by atoms with Gasteiger partial charge < -0.3 is 24.4 Å². The van der Waals surface area contributed by atoms with Crippen LogP contribution in [-0.4, -0.2) is 67.0 Å². The molecule has 0 aromatic heterocycles. The van der Waals surface area contributed by atoms with E-state index in [1.165, 1.54) is 11.6 Å². The largest absolute Gasteiger partial charge is 0.491 e. The summed E-state index contributed by atoms with van der Waals surface area (Å²) < 4.78 is 26.1. The van der Waals surface area contributed by atoms with Crippen molar-refractivity contribution in [1.82, 2.24) is 4.90 Å². The summed E-state index contributed by atoms with van der Waals surface area (Å²) in [6, 6.07) is 14.4. The van der Waals surface area contributed by atoms with Crippen LogP contribution in [0.15, 0.2) is 48.5 Å². The molecule has 2 saturated heterocycles. The van der Waals surface area contributed by atoms with Crippen LogP contribution in [0.5, 0.6) is 5.75 Å². The second-order valence-electron chi connectivity index (χ2n) is 8.63. The van der Waals surface area contributed by atoms with Crippen LogP contribution in [0.3, 0.4) is 0 Å². The summed E-state index contributed by atoms with van der Waals surface area (Å²) in [6.07, 6.45) is 1.92. The maximum Gasteiger partial charge on any atom is 0.256 e. The van der Waals surface area contributed by atoms with Crippen LogP contribution >= 0.6 is 0 Å². The fraction of sp³-hybridized carbons (Fsp3) is 0.480. The van der Waals surface area contributed by atoms with Gasteiger partial charge in [0.2, 0.25) is 0 Å². The number of morpholine rings is 1. The first-order valence-electron chi connectivity index (χ1n) is 11.3. The third-order valence-electron chi connectivity index (χ3n) is 6.37. The highest BCUT2D eigenvalue weighted by molar-refractivity contribution is 5.97. The Labute approximate surface area is 188 Å². The molecule has 2 aliphatic heterocycles. The Kier molecular flexibility index (Phi) is 7.08. The fourth-order valence-electron chi connectivity index (χ4n) is 4.62. The number of piperidine rings is 1. The summed E-state index contributed by atoms with van der Waals surface area (Å²) in [7, 11) is 0. The highest BCUT2D eigenvalue weighted by atomic mass is 19.1. The van der Waals surface area contributed by atoms with E-state index in [1.54, 1.807) is 30.0 Å². The van der Waals surface area contributed by atoms with Gasteiger partial charge in [-0.15, -0.1) is 0 Å². The predicted molar refractivity (Wildman–Crippen MR) is 120 cm³/mol. The van der Waals surface area contributed by atoms with Crippen LogP contribution in [-0.2, 0) is 16.0 Å². The van der Waals surface area contributed by atoms with E-state index in [2.05, 4.69) is 11.0 Å². The number of hydrogen-bond acceptors (Lipinski definition) is 5. The average Bonchev–Trinajstić information content (AvgIpc) is 2.81. The van der Waals surface area contributed by atoms with Crippen molar-refractivity contribution in [3.8, 4) is 5.75 Å². The minimum Gasteiger partial charge on any atom is -0.491 e. The van der Waals surface area contributed by atoms with E-state index in [0.29, 0.717) is 18.8 Å². The lowest BCUT2D eigenvalue weighted by molar-refractivity contribution is -0.161. The van der Waals surface area contributed by atoms with Crippen molar-refractivity contribution < 1.29 is 23.8 Å². The lowest BCUT2D eigenvalue weighted by atomic mass is 9.88. The van der Waals surface area contributed by atoms with Gasteiger partial charge in [-0.25, -0.2) is 4.39 Å². The van der Waals surface area contributed by atoms with Crippen molar-refractivity contribution in [1.29, 1.82) is 0 Å². The van der Waals surface area contributed by atoms with Gasteiger partial charge >= 0.3 is 0 Å². The number of likely N-dealkylation sites (tertiary alicyclic amines) is 1. The lowest BCUT2D eigenvalue weighted by Gasteiger charge is -2.49. The molecule has 7 heteroatoms. The van der Waals surface area contributed by atoms with Gasteiger partial charge in [-0.2, -0.15) is 0 Å². The van der Waals surface area contributed by atoms with Gasteiger partial charge in [0.25, 0.3) is 5.91 Å². The predicted octanol–water partition coefficient (Wildman–Crippen LogP) is 3.03. The molecule has 1 spiro atoms. The standard InChI is InChI=1S/C25H31FN2O4/c1-19-24(30)28(23-8-3-2-7-22(23)26)18-25(32-19)10-13-27(14-11-25)12-9-20-5-4-6-21(17-20)31-16-15-29/h2-8,17,19,29H,9-16,18H2,1H3. The molecule has 1 amide bonds. The number of anilines is 1. The van der Waals surface area contributed by atoms with E-state index < -0.39 is 11.7 Å². The first-order valence-corrected chi connectivity index (χ1v) is 11.3. The van der Waals surface area contributed by atoms with Crippen molar-refractivity contribution in [3.05, 3.63) is 59.9 Å². The number of aliphatic hydroxyl groups is 1. The van der Waals surface area contributed by atoms with Crippen molar-refractivity contribution in [2.24, 2.45) is 0 Å². The van der Waals surface area contributed by atoms with E-state index in [4.69, 9.17) is 14.6 Å². The van der Waals surface area contributed by atoms with E-state index in [-0.39, 0.29) is 18.3 Å². The first kappa shape index (κ1) is 22.7. The molecule has 0 saturated carbocycles. The van der Waals surface area contributed by atoms with Crippen LogP contribution in [0.1, 0.15) is 25.3 Å². The lowest BCUT2D eigenvalue weighted by Crippen LogP contribution is -2.61. The van der Waals surface area contributed by atoms with Gasteiger partial charge in [0, 0.05) is 19.6 Å². The van der Waals surface area contributed by atoms with Gasteiger partial charge in [0.1, 0.15) is 24.3 Å². The first-order chi connectivity index (χ1) is 15.5. The molecule has 0 bridgehead atoms. The Hall–Kier alpha value is -2.48. The zero-order chi connectivity index (χ0) is 22.6. The molecule has 6 nitrogen and oxygen atoms in total. The number of halogens is 1. The van der Waals surface area contributed by atoms with Crippen molar-refractivity contribution >= 4 is 11.6 Å². The molecule has 4 rings (SSSR count). The molecule has 2 aliphatic rings. The normalized spacial score (nSPS) is 21.2. The second-order valence-corrected chi connectivity index (χ2v) is 8.63. The third kappa shape index (κ3) is 5.11. The maximum atomic E-state index is 14.4. The number of amides is 1. The molecule has 2 heterocycles. The maximum absolute atomic E-state index is 14.4. The SMILES string of the molecule is CC1OC2(CCN(CCc3cccc(OCCO)c3)CC2)CN(c2ccccc2F)C1=O. The number of aliphatic hydroxyl groups excluding tert-OH is 1. The smallest absolute Gasteiger partial charge is 0.256 e. The van der Waals surface area contributed by atoms with Crippen LogP contribution in [0.2, 0.25) is 0 Å². The number of rotatable bonds is 7. The highest BCUT2D eigenvalue weighted by Gasteiger charge is 2.46. The van der Waals surface area contributed by atoms with Gasteiger partial charge in [-0.3, -0.25) is 4.79 Å². The van der Waals surface area contributed by atoms with Crippen molar-refractivity contribution in [3.63, 3.8) is 0 Å². The number of nitrogens with zero attached hydrogens (tertiary/aromatic N) is 2. The summed E-state index contributed by atoms with van der Waals surface area (Å²) in [5, 5.41) is 8.92. The van der Waals surface area contributed by atoms with E-state index in [0.717, 1.165) is 44.6 Å². The second kappa shape index (κ2) is 9.98. The minimum absolute atomic E-state index is 0.000380. The molecule has 2 fully saturated rings. The summed E-state index contributed by atoms with van der Waals surface area (Å²) in [4.78, 5) is 16.7. The topological polar surface area (TPSA) is 62.2 Å². The Morgan fingerprint density at radius 2 is 1.97 bits per heavy atom. The molecule has 1 unspecified atom stereocenters. The molecule has 2 aromatic carbocycles. The highest BCUT2D eigenvalue weighted by Crippen LogP contribution is 2.35. The van der Waals surface area contributed by atoms with Crippen LogP contribution < -0.4 is 9.64 Å². The van der Waals surface area contributed by atoms with Crippen LogP contribution in [0, 0.1) is 5.82 Å².